The summed E-state index contributed by atoms with van der Waals surface area (Å²) >= 11 is 3.07. The van der Waals surface area contributed by atoms with Crippen molar-refractivity contribution in [3.05, 3.63) is 33.8 Å². The van der Waals surface area contributed by atoms with Crippen LogP contribution in [0.2, 0.25) is 0 Å². The third-order valence-corrected chi connectivity index (χ3v) is 3.17. The fraction of sp³-hybridized carbons (Fsp3) is 0.538. The average molecular weight is 322 g/mol. The lowest BCUT2D eigenvalue weighted by Crippen LogP contribution is -2.28. The molecule has 0 radical (unpaired) electrons. The van der Waals surface area contributed by atoms with Crippen LogP contribution in [0.1, 0.15) is 31.9 Å². The highest BCUT2D eigenvalue weighted by Gasteiger charge is 2.21. The molecule has 5 heteroatoms. The van der Waals surface area contributed by atoms with Gasteiger partial charge in [-0.25, -0.2) is 8.78 Å². The molecular weight excluding hydrogens is 304 g/mol. The van der Waals surface area contributed by atoms with Crippen molar-refractivity contribution in [2.45, 2.75) is 26.3 Å². The summed E-state index contributed by atoms with van der Waals surface area (Å²) in [5, 5.41) is 3.10. The van der Waals surface area contributed by atoms with E-state index in [1.54, 1.807) is 0 Å². The van der Waals surface area contributed by atoms with Crippen molar-refractivity contribution in [2.75, 3.05) is 19.8 Å². The zero-order valence-electron chi connectivity index (χ0n) is 10.6. The molecule has 0 heterocycles. The first kappa shape index (κ1) is 15.5. The van der Waals surface area contributed by atoms with Gasteiger partial charge >= 0.3 is 0 Å². The first-order valence-corrected chi connectivity index (χ1v) is 6.85. The summed E-state index contributed by atoms with van der Waals surface area (Å²) in [5.74, 6) is -1.12. The van der Waals surface area contributed by atoms with Crippen LogP contribution >= 0.6 is 15.9 Å². The lowest BCUT2D eigenvalue weighted by molar-refractivity contribution is 0.120. The van der Waals surface area contributed by atoms with Gasteiger partial charge in [0.15, 0.2) is 0 Å². The number of ether oxygens (including phenoxy) is 1. The lowest BCUT2D eigenvalue weighted by Gasteiger charge is -2.20. The molecule has 1 N–H and O–H groups in total. The van der Waals surface area contributed by atoms with Crippen molar-refractivity contribution in [1.29, 1.82) is 0 Å². The van der Waals surface area contributed by atoms with E-state index >= 15 is 0 Å². The van der Waals surface area contributed by atoms with Gasteiger partial charge in [-0.3, -0.25) is 0 Å². The third kappa shape index (κ3) is 4.00. The molecule has 0 aliphatic carbocycles. The molecule has 0 fully saturated rings. The Labute approximate surface area is 115 Å². The van der Waals surface area contributed by atoms with Crippen LogP contribution < -0.4 is 5.32 Å². The minimum absolute atomic E-state index is 0.0336. The molecule has 1 unspecified atom stereocenters. The Kier molecular flexibility index (Phi) is 6.75. The van der Waals surface area contributed by atoms with Crippen LogP contribution in [0.25, 0.3) is 0 Å². The average Bonchev–Trinajstić information content (AvgIpc) is 2.36. The van der Waals surface area contributed by atoms with Crippen LogP contribution in [0.3, 0.4) is 0 Å². The largest absolute Gasteiger partial charge is 0.380 e. The van der Waals surface area contributed by atoms with E-state index in [1.807, 2.05) is 13.8 Å². The highest BCUT2D eigenvalue weighted by atomic mass is 79.9. The Morgan fingerprint density at radius 3 is 2.67 bits per heavy atom. The third-order valence-electron chi connectivity index (χ3n) is 2.56. The van der Waals surface area contributed by atoms with Gasteiger partial charge in [0.25, 0.3) is 0 Å². The summed E-state index contributed by atoms with van der Waals surface area (Å²) < 4.78 is 33.3. The summed E-state index contributed by atoms with van der Waals surface area (Å²) in [6.07, 6.45) is 0.889. The Morgan fingerprint density at radius 1 is 1.33 bits per heavy atom. The second kappa shape index (κ2) is 7.81. The number of nitrogens with one attached hydrogen (secondary N) is 1. The molecule has 0 bridgehead atoms. The zero-order valence-corrected chi connectivity index (χ0v) is 12.2. The van der Waals surface area contributed by atoms with Crippen LogP contribution in [0.4, 0.5) is 8.78 Å². The molecular formula is C13H18BrF2NO. The summed E-state index contributed by atoms with van der Waals surface area (Å²) in [6, 6.07) is 2.16. The molecule has 2 nitrogen and oxygen atoms in total. The maximum Gasteiger partial charge on any atom is 0.145 e. The predicted octanol–water partition coefficient (Wildman–Crippen LogP) is 3.80. The van der Waals surface area contributed by atoms with E-state index in [0.29, 0.717) is 13.2 Å². The first-order chi connectivity index (χ1) is 8.61. The van der Waals surface area contributed by atoms with Gasteiger partial charge in [0, 0.05) is 12.2 Å². The Morgan fingerprint density at radius 2 is 2.06 bits per heavy atom. The van der Waals surface area contributed by atoms with E-state index in [2.05, 4.69) is 21.2 Å². The summed E-state index contributed by atoms with van der Waals surface area (Å²) in [4.78, 5) is 0. The Balaban J connectivity index is 2.99. The van der Waals surface area contributed by atoms with Gasteiger partial charge in [-0.2, -0.15) is 0 Å². The van der Waals surface area contributed by atoms with E-state index in [9.17, 15) is 8.78 Å². The van der Waals surface area contributed by atoms with Gasteiger partial charge in [-0.15, -0.1) is 0 Å². The van der Waals surface area contributed by atoms with Crippen LogP contribution in [0.15, 0.2) is 16.6 Å². The topological polar surface area (TPSA) is 21.3 Å². The molecule has 1 aromatic carbocycles. The minimum atomic E-state index is -0.566. The van der Waals surface area contributed by atoms with Gasteiger partial charge in [0.1, 0.15) is 11.6 Å². The van der Waals surface area contributed by atoms with E-state index in [4.69, 9.17) is 4.74 Å². The van der Waals surface area contributed by atoms with Crippen molar-refractivity contribution in [2.24, 2.45) is 0 Å². The van der Waals surface area contributed by atoms with Crippen LogP contribution in [0.5, 0.6) is 0 Å². The van der Waals surface area contributed by atoms with Crippen molar-refractivity contribution < 1.29 is 13.5 Å². The molecule has 1 atom stereocenters. The number of benzene rings is 1. The fourth-order valence-electron chi connectivity index (χ4n) is 1.66. The monoisotopic (exact) mass is 321 g/mol. The molecule has 0 saturated heterocycles. The molecule has 0 amide bonds. The molecule has 0 saturated carbocycles. The maximum atomic E-state index is 14.0. The number of hydrogen-bond acceptors (Lipinski definition) is 2. The van der Waals surface area contributed by atoms with Crippen LogP contribution in [-0.2, 0) is 4.74 Å². The molecule has 0 aliphatic heterocycles. The maximum absolute atomic E-state index is 14.0. The molecule has 102 valence electrons. The first-order valence-electron chi connectivity index (χ1n) is 6.06. The van der Waals surface area contributed by atoms with Crippen molar-refractivity contribution in [1.82, 2.24) is 5.32 Å². The smallest absolute Gasteiger partial charge is 0.145 e. The molecule has 0 aliphatic rings. The summed E-state index contributed by atoms with van der Waals surface area (Å²) in [6.45, 7) is 5.30. The highest BCUT2D eigenvalue weighted by Crippen LogP contribution is 2.27. The molecule has 1 aromatic rings. The van der Waals surface area contributed by atoms with Gasteiger partial charge < -0.3 is 10.1 Å². The quantitative estimate of drug-likeness (QED) is 0.771. The van der Waals surface area contributed by atoms with Crippen molar-refractivity contribution in [3.8, 4) is 0 Å². The van der Waals surface area contributed by atoms with E-state index in [1.165, 1.54) is 12.1 Å². The zero-order chi connectivity index (χ0) is 13.5. The van der Waals surface area contributed by atoms with Gasteiger partial charge in [-0.1, -0.05) is 6.92 Å². The van der Waals surface area contributed by atoms with Crippen LogP contribution in [0, 0.1) is 11.6 Å². The van der Waals surface area contributed by atoms with Crippen molar-refractivity contribution >= 4 is 15.9 Å². The second-order valence-corrected chi connectivity index (χ2v) is 4.78. The minimum Gasteiger partial charge on any atom is -0.380 e. The number of rotatable bonds is 7. The number of halogens is 3. The van der Waals surface area contributed by atoms with Gasteiger partial charge in [0.05, 0.1) is 17.1 Å². The Hall–Kier alpha value is -0.520. The standard InChI is InChI=1S/C13H18BrF2NO/c1-3-7-17-11(8-18-4-2)12-10(15)6-5-9(14)13(12)16/h5-6,11,17H,3-4,7-8H2,1-2H3. The summed E-state index contributed by atoms with van der Waals surface area (Å²) in [7, 11) is 0. The highest BCUT2D eigenvalue weighted by molar-refractivity contribution is 9.10. The second-order valence-electron chi connectivity index (χ2n) is 3.92. The predicted molar refractivity (Wildman–Crippen MR) is 71.6 cm³/mol. The summed E-state index contributed by atoms with van der Waals surface area (Å²) in [5.41, 5.74) is 0.0336. The van der Waals surface area contributed by atoms with E-state index < -0.39 is 17.7 Å². The van der Waals surface area contributed by atoms with E-state index in [-0.39, 0.29) is 16.6 Å². The SMILES string of the molecule is CCCNC(COCC)c1c(F)ccc(Br)c1F. The molecule has 0 aromatic heterocycles. The van der Waals surface area contributed by atoms with Gasteiger partial charge in [0.2, 0.25) is 0 Å². The van der Waals surface area contributed by atoms with Crippen LogP contribution in [-0.4, -0.2) is 19.8 Å². The Bertz CT molecular complexity index is 379. The van der Waals surface area contributed by atoms with E-state index in [0.717, 1.165) is 6.42 Å². The molecule has 1 rings (SSSR count). The lowest BCUT2D eigenvalue weighted by atomic mass is 10.1. The van der Waals surface area contributed by atoms with Crippen molar-refractivity contribution in [3.63, 3.8) is 0 Å². The normalized spacial score (nSPS) is 12.7. The molecule has 18 heavy (non-hydrogen) atoms. The fourth-order valence-corrected chi connectivity index (χ4v) is 2.01. The number of hydrogen-bond donors (Lipinski definition) is 1. The van der Waals surface area contributed by atoms with Gasteiger partial charge in [-0.05, 0) is 48.0 Å². The molecule has 0 spiro atoms.